The number of nitrogens with zero attached hydrogens (tertiary/aromatic N) is 1. The summed E-state index contributed by atoms with van der Waals surface area (Å²) in [5.41, 5.74) is 4.82. The van der Waals surface area contributed by atoms with Gasteiger partial charge in [-0.3, -0.25) is 9.59 Å². The number of carbonyl (C=O) groups is 2. The van der Waals surface area contributed by atoms with Crippen molar-refractivity contribution >= 4 is 18.0 Å². The number of ether oxygens (including phenoxy) is 1. The summed E-state index contributed by atoms with van der Waals surface area (Å²) in [6.45, 7) is 0. The molecule has 2 N–H and O–H groups in total. The van der Waals surface area contributed by atoms with Crippen molar-refractivity contribution in [2.24, 2.45) is 0 Å². The SMILES string of the molecule is COc1ccc(/C=[N+]2\NC(=O)[C@@H](NC(=O)c3ccc(F)cc3)[C@@H]2c2ccccc2)cc1. The summed E-state index contributed by atoms with van der Waals surface area (Å²) >= 11 is 0. The minimum Gasteiger partial charge on any atom is -0.497 e. The Morgan fingerprint density at radius 2 is 1.71 bits per heavy atom. The number of rotatable bonds is 5. The number of nitrogens with one attached hydrogen (secondary N) is 2. The number of hydrazine groups is 1. The molecule has 2 atom stereocenters. The molecule has 1 aliphatic heterocycles. The lowest BCUT2D eigenvalue weighted by molar-refractivity contribution is -0.596. The molecule has 0 aromatic heterocycles. The number of hydrogen-bond donors (Lipinski definition) is 2. The van der Waals surface area contributed by atoms with E-state index >= 15 is 0 Å². The van der Waals surface area contributed by atoms with Crippen LogP contribution in [0.25, 0.3) is 0 Å². The van der Waals surface area contributed by atoms with Crippen LogP contribution in [0, 0.1) is 5.82 Å². The van der Waals surface area contributed by atoms with Gasteiger partial charge < -0.3 is 10.1 Å². The van der Waals surface area contributed by atoms with Crippen LogP contribution in [-0.4, -0.2) is 35.9 Å². The van der Waals surface area contributed by atoms with Gasteiger partial charge in [0.25, 0.3) is 5.91 Å². The zero-order valence-electron chi connectivity index (χ0n) is 16.8. The van der Waals surface area contributed by atoms with Crippen LogP contribution < -0.4 is 15.5 Å². The smallest absolute Gasteiger partial charge is 0.304 e. The summed E-state index contributed by atoms with van der Waals surface area (Å²) in [6.07, 6.45) is 1.80. The van der Waals surface area contributed by atoms with Gasteiger partial charge in [-0.15, -0.1) is 10.1 Å². The van der Waals surface area contributed by atoms with Crippen LogP contribution in [0.1, 0.15) is 27.5 Å². The van der Waals surface area contributed by atoms with E-state index in [4.69, 9.17) is 4.74 Å². The van der Waals surface area contributed by atoms with Gasteiger partial charge in [0.2, 0.25) is 12.3 Å². The lowest BCUT2D eigenvalue weighted by Crippen LogP contribution is -2.42. The molecule has 0 saturated carbocycles. The van der Waals surface area contributed by atoms with Gasteiger partial charge in [0, 0.05) is 16.7 Å². The molecule has 0 aliphatic carbocycles. The van der Waals surface area contributed by atoms with Gasteiger partial charge in [-0.05, 0) is 48.5 Å². The van der Waals surface area contributed by atoms with Gasteiger partial charge in [0.15, 0.2) is 6.04 Å². The highest BCUT2D eigenvalue weighted by Gasteiger charge is 2.47. The Balaban J connectivity index is 1.66. The number of hydrazone groups is 1. The zero-order chi connectivity index (χ0) is 21.8. The van der Waals surface area contributed by atoms with Gasteiger partial charge >= 0.3 is 5.91 Å². The topological polar surface area (TPSA) is 70.4 Å². The molecule has 4 rings (SSSR count). The molecule has 1 heterocycles. The molecule has 3 aromatic rings. The molecule has 31 heavy (non-hydrogen) atoms. The van der Waals surface area contributed by atoms with Crippen LogP contribution in [-0.2, 0) is 4.79 Å². The lowest BCUT2D eigenvalue weighted by Gasteiger charge is -2.14. The maximum atomic E-state index is 13.2. The molecule has 0 unspecified atom stereocenters. The van der Waals surface area contributed by atoms with Crippen LogP contribution in [0.4, 0.5) is 4.39 Å². The highest BCUT2D eigenvalue weighted by molar-refractivity contribution is 5.98. The van der Waals surface area contributed by atoms with Crippen molar-refractivity contribution in [1.82, 2.24) is 10.7 Å². The third kappa shape index (κ3) is 4.45. The summed E-state index contributed by atoms with van der Waals surface area (Å²) in [7, 11) is 1.60. The van der Waals surface area contributed by atoms with E-state index in [0.29, 0.717) is 0 Å². The molecule has 156 valence electrons. The zero-order valence-corrected chi connectivity index (χ0v) is 16.8. The number of halogens is 1. The fraction of sp³-hybridized carbons (Fsp3) is 0.125. The van der Waals surface area contributed by atoms with Crippen LogP contribution in [0.5, 0.6) is 5.75 Å². The van der Waals surface area contributed by atoms with Gasteiger partial charge in [0.1, 0.15) is 11.6 Å². The molecular formula is C24H21FN3O3+. The van der Waals surface area contributed by atoms with E-state index in [2.05, 4.69) is 10.7 Å². The second-order valence-corrected chi connectivity index (χ2v) is 7.10. The molecule has 6 nitrogen and oxygen atoms in total. The Bertz CT molecular complexity index is 1110. The summed E-state index contributed by atoms with van der Waals surface area (Å²) in [5, 5.41) is 2.79. The fourth-order valence-corrected chi connectivity index (χ4v) is 3.51. The van der Waals surface area contributed by atoms with Crippen molar-refractivity contribution in [3.8, 4) is 5.75 Å². The molecule has 1 aliphatic rings. The minimum absolute atomic E-state index is 0.276. The molecule has 1 fully saturated rings. The van der Waals surface area contributed by atoms with Crippen molar-refractivity contribution in [2.75, 3.05) is 7.11 Å². The largest absolute Gasteiger partial charge is 0.497 e. The van der Waals surface area contributed by atoms with E-state index in [-0.39, 0.29) is 11.5 Å². The van der Waals surface area contributed by atoms with Gasteiger partial charge in [-0.25, -0.2) is 4.39 Å². The number of methoxy groups -OCH3 is 1. The van der Waals surface area contributed by atoms with Gasteiger partial charge in [0.05, 0.1) is 7.11 Å². The van der Waals surface area contributed by atoms with E-state index < -0.39 is 23.8 Å². The van der Waals surface area contributed by atoms with Crippen molar-refractivity contribution in [2.45, 2.75) is 12.1 Å². The Kier molecular flexibility index (Phi) is 5.75. The average molecular weight is 418 g/mol. The van der Waals surface area contributed by atoms with Gasteiger partial charge in [-0.1, -0.05) is 30.3 Å². The lowest BCUT2D eigenvalue weighted by atomic mass is 10.00. The Hall–Kier alpha value is -4.00. The van der Waals surface area contributed by atoms with Crippen molar-refractivity contribution < 1.29 is 23.4 Å². The molecule has 0 spiro atoms. The normalized spacial score (nSPS) is 19.2. The first-order valence-corrected chi connectivity index (χ1v) is 9.74. The van der Waals surface area contributed by atoms with E-state index in [1.54, 1.807) is 18.0 Å². The van der Waals surface area contributed by atoms with Crippen molar-refractivity contribution in [3.05, 3.63) is 101 Å². The third-order valence-electron chi connectivity index (χ3n) is 5.08. The van der Waals surface area contributed by atoms with Crippen LogP contribution >= 0.6 is 0 Å². The number of amides is 2. The first kappa shape index (κ1) is 20.3. The monoisotopic (exact) mass is 418 g/mol. The summed E-state index contributed by atoms with van der Waals surface area (Å²) in [4.78, 5) is 25.5. The van der Waals surface area contributed by atoms with Crippen LogP contribution in [0.2, 0.25) is 0 Å². The summed E-state index contributed by atoms with van der Waals surface area (Å²) in [6, 6.07) is 20.7. The first-order chi connectivity index (χ1) is 15.0. The number of benzene rings is 3. The summed E-state index contributed by atoms with van der Waals surface area (Å²) < 4.78 is 20.1. The minimum atomic E-state index is -0.838. The molecule has 7 heteroatoms. The van der Waals surface area contributed by atoms with Crippen molar-refractivity contribution in [1.29, 1.82) is 0 Å². The first-order valence-electron chi connectivity index (χ1n) is 9.74. The van der Waals surface area contributed by atoms with Crippen LogP contribution in [0.15, 0.2) is 78.9 Å². The maximum Gasteiger partial charge on any atom is 0.304 e. The predicted molar refractivity (Wildman–Crippen MR) is 113 cm³/mol. The van der Waals surface area contributed by atoms with E-state index in [1.165, 1.54) is 24.3 Å². The Labute approximate surface area is 179 Å². The fourth-order valence-electron chi connectivity index (χ4n) is 3.51. The molecule has 0 bridgehead atoms. The Morgan fingerprint density at radius 1 is 1.03 bits per heavy atom. The summed E-state index contributed by atoms with van der Waals surface area (Å²) in [5.74, 6) is -0.495. The molecule has 1 saturated heterocycles. The van der Waals surface area contributed by atoms with Gasteiger partial charge in [-0.2, -0.15) is 0 Å². The highest BCUT2D eigenvalue weighted by Crippen LogP contribution is 2.25. The average Bonchev–Trinajstić information content (AvgIpc) is 3.09. The maximum absolute atomic E-state index is 13.2. The quantitative estimate of drug-likeness (QED) is 0.626. The standard InChI is InChI=1S/C24H20FN3O3/c1-31-20-13-7-16(8-14-20)15-28-22(17-5-3-2-4-6-17)21(24(30)27-28)26-23(29)18-9-11-19(25)12-10-18/h2-15,21-22H,1H3,(H-,26,27,29,30)/p+1/b28-15-/t21-,22-/m0/s1. The predicted octanol–water partition coefficient (Wildman–Crippen LogP) is 2.85. The molecular weight excluding hydrogens is 397 g/mol. The van der Waals surface area contributed by atoms with Crippen LogP contribution in [0.3, 0.4) is 0 Å². The number of hydrogen-bond acceptors (Lipinski definition) is 3. The molecule has 2 amide bonds. The Morgan fingerprint density at radius 3 is 2.35 bits per heavy atom. The van der Waals surface area contributed by atoms with E-state index in [0.717, 1.165) is 16.9 Å². The molecule has 3 aromatic carbocycles. The second kappa shape index (κ2) is 8.79. The van der Waals surface area contributed by atoms with E-state index in [9.17, 15) is 14.0 Å². The third-order valence-corrected chi connectivity index (χ3v) is 5.08. The van der Waals surface area contributed by atoms with E-state index in [1.807, 2.05) is 54.6 Å². The highest BCUT2D eigenvalue weighted by atomic mass is 19.1. The number of carbonyl (C=O) groups excluding carboxylic acids is 2. The molecule has 0 radical (unpaired) electrons. The second-order valence-electron chi connectivity index (χ2n) is 7.10. The van der Waals surface area contributed by atoms with Crippen molar-refractivity contribution in [3.63, 3.8) is 0 Å².